The van der Waals surface area contributed by atoms with Crippen molar-refractivity contribution in [2.75, 3.05) is 0 Å². The van der Waals surface area contributed by atoms with Crippen molar-refractivity contribution >= 4 is 5.91 Å². The lowest BCUT2D eigenvalue weighted by Gasteiger charge is -2.12. The summed E-state index contributed by atoms with van der Waals surface area (Å²) in [5, 5.41) is 10.2. The maximum absolute atomic E-state index is 12.8. The highest BCUT2D eigenvalue weighted by Crippen LogP contribution is 2.22. The van der Waals surface area contributed by atoms with Crippen molar-refractivity contribution in [3.8, 4) is 0 Å². The Hall–Kier alpha value is -2.27. The fraction of sp³-hybridized carbons (Fsp3) is 0.200. The van der Waals surface area contributed by atoms with E-state index in [1.54, 1.807) is 19.1 Å². The van der Waals surface area contributed by atoms with Crippen molar-refractivity contribution in [3.05, 3.63) is 65.2 Å². The second-order valence-corrected chi connectivity index (χ2v) is 4.59. The zero-order chi connectivity index (χ0) is 14.7. The van der Waals surface area contributed by atoms with E-state index < -0.39 is 17.9 Å². The highest BCUT2D eigenvalue weighted by atomic mass is 19.1. The van der Waals surface area contributed by atoms with E-state index in [0.29, 0.717) is 16.8 Å². The minimum absolute atomic E-state index is 0.357. The summed E-state index contributed by atoms with van der Waals surface area (Å²) >= 11 is 0. The first-order valence-electron chi connectivity index (χ1n) is 6.17. The molecule has 0 bridgehead atoms. The first kappa shape index (κ1) is 14.1. The Morgan fingerprint density at radius 3 is 2.30 bits per heavy atom. The number of rotatable bonds is 4. The van der Waals surface area contributed by atoms with Gasteiger partial charge in [-0.25, -0.2) is 4.39 Å². The van der Waals surface area contributed by atoms with Gasteiger partial charge in [-0.2, -0.15) is 0 Å². The molecule has 0 spiro atoms. The summed E-state index contributed by atoms with van der Waals surface area (Å²) in [6, 6.07) is 8.93. The summed E-state index contributed by atoms with van der Waals surface area (Å²) in [6.07, 6.45) is 0.601. The van der Waals surface area contributed by atoms with Gasteiger partial charge < -0.3 is 10.8 Å². The van der Waals surface area contributed by atoms with Crippen LogP contribution in [0.5, 0.6) is 0 Å². The van der Waals surface area contributed by atoms with Crippen molar-refractivity contribution in [2.24, 2.45) is 5.73 Å². The van der Waals surface area contributed by atoms with Crippen LogP contribution in [0.3, 0.4) is 0 Å². The van der Waals surface area contributed by atoms with Gasteiger partial charge >= 0.3 is 0 Å². The fourth-order valence-corrected chi connectivity index (χ4v) is 1.82. The van der Waals surface area contributed by atoms with Gasteiger partial charge in [0.25, 0.3) is 0 Å². The number of benzene rings is 1. The third-order valence-electron chi connectivity index (χ3n) is 3.18. The minimum Gasteiger partial charge on any atom is -0.384 e. The average molecular weight is 274 g/mol. The molecule has 104 valence electrons. The third kappa shape index (κ3) is 3.00. The first-order valence-corrected chi connectivity index (χ1v) is 6.17. The molecule has 2 unspecified atom stereocenters. The normalized spacial score (nSPS) is 13.8. The molecule has 1 heterocycles. The Kier molecular flexibility index (Phi) is 4.10. The van der Waals surface area contributed by atoms with Crippen LogP contribution in [0.2, 0.25) is 0 Å². The number of nitrogens with zero attached hydrogens (tertiary/aromatic N) is 1. The number of primary amides is 1. The molecule has 20 heavy (non-hydrogen) atoms. The number of carbonyl (C=O) groups excluding carboxylic acids is 1. The summed E-state index contributed by atoms with van der Waals surface area (Å²) in [7, 11) is 0. The van der Waals surface area contributed by atoms with Crippen molar-refractivity contribution in [1.29, 1.82) is 0 Å². The summed E-state index contributed by atoms with van der Waals surface area (Å²) in [6.45, 7) is 1.67. The zero-order valence-corrected chi connectivity index (χ0v) is 11.0. The molecule has 0 aliphatic rings. The number of amides is 1. The number of nitrogens with two attached hydrogens (primary N) is 1. The molecular formula is C15H15FN2O2. The van der Waals surface area contributed by atoms with Crippen LogP contribution < -0.4 is 5.73 Å². The minimum atomic E-state index is -0.888. The molecule has 2 aromatic rings. The Morgan fingerprint density at radius 1 is 1.20 bits per heavy atom. The number of halogens is 1. The van der Waals surface area contributed by atoms with Crippen LogP contribution in [0.4, 0.5) is 4.39 Å². The molecule has 0 aliphatic heterocycles. The predicted molar refractivity (Wildman–Crippen MR) is 72.3 cm³/mol. The predicted octanol–water partition coefficient (Wildman–Crippen LogP) is 1.89. The molecule has 0 saturated heterocycles. The molecule has 1 amide bonds. The van der Waals surface area contributed by atoms with Gasteiger partial charge in [-0.1, -0.05) is 18.2 Å². The number of aromatic nitrogens is 1. The number of carbonyl (C=O) groups is 1. The Balaban J connectivity index is 2.21. The van der Waals surface area contributed by atoms with Gasteiger partial charge in [0.05, 0.1) is 11.6 Å². The highest BCUT2D eigenvalue weighted by Gasteiger charge is 2.15. The highest BCUT2D eigenvalue weighted by molar-refractivity contribution is 5.80. The molecule has 5 heteroatoms. The molecule has 0 saturated carbocycles. The molecule has 1 aromatic carbocycles. The second kappa shape index (κ2) is 5.79. The quantitative estimate of drug-likeness (QED) is 0.894. The van der Waals surface area contributed by atoms with Crippen LogP contribution in [0, 0.1) is 5.82 Å². The molecular weight excluding hydrogens is 259 g/mol. The average Bonchev–Trinajstić information content (AvgIpc) is 2.46. The van der Waals surface area contributed by atoms with Gasteiger partial charge in [0.15, 0.2) is 0 Å². The number of hydrogen-bond acceptors (Lipinski definition) is 3. The smallest absolute Gasteiger partial charge is 0.226 e. The van der Waals surface area contributed by atoms with Crippen molar-refractivity contribution < 1.29 is 14.3 Å². The molecule has 0 radical (unpaired) electrons. The lowest BCUT2D eigenvalue weighted by Crippen LogP contribution is -2.19. The first-order chi connectivity index (χ1) is 9.49. The molecule has 2 rings (SSSR count). The molecule has 4 nitrogen and oxygen atoms in total. The number of hydrogen-bond donors (Lipinski definition) is 2. The number of pyridine rings is 1. The van der Waals surface area contributed by atoms with E-state index in [2.05, 4.69) is 4.98 Å². The SMILES string of the molecule is CC(C(N)=O)c1ccc(C(O)c2ccc(F)cc2)cn1. The van der Waals surface area contributed by atoms with Gasteiger partial charge in [0.1, 0.15) is 11.9 Å². The second-order valence-electron chi connectivity index (χ2n) is 4.59. The fourth-order valence-electron chi connectivity index (χ4n) is 1.82. The van der Waals surface area contributed by atoms with Gasteiger partial charge in [-0.15, -0.1) is 0 Å². The van der Waals surface area contributed by atoms with E-state index in [9.17, 15) is 14.3 Å². The zero-order valence-electron chi connectivity index (χ0n) is 11.0. The molecule has 3 N–H and O–H groups in total. The van der Waals surface area contributed by atoms with Crippen LogP contribution in [-0.2, 0) is 4.79 Å². The maximum Gasteiger partial charge on any atom is 0.226 e. The summed E-state index contributed by atoms with van der Waals surface area (Å²) < 4.78 is 12.8. The monoisotopic (exact) mass is 274 g/mol. The topological polar surface area (TPSA) is 76.2 Å². The molecule has 2 atom stereocenters. The standard InChI is InChI=1S/C15H15FN2O2/c1-9(15(17)20)13-7-4-11(8-18-13)14(19)10-2-5-12(16)6-3-10/h2-9,14,19H,1H3,(H2,17,20). The summed E-state index contributed by atoms with van der Waals surface area (Å²) in [4.78, 5) is 15.2. The number of aliphatic hydroxyl groups excluding tert-OH is 1. The number of aliphatic hydroxyl groups is 1. The van der Waals surface area contributed by atoms with Gasteiger partial charge in [-0.3, -0.25) is 9.78 Å². The lowest BCUT2D eigenvalue weighted by atomic mass is 10.0. The Bertz CT molecular complexity index is 596. The van der Waals surface area contributed by atoms with E-state index in [1.807, 2.05) is 0 Å². The Labute approximate surface area is 116 Å². The van der Waals surface area contributed by atoms with E-state index in [-0.39, 0.29) is 5.82 Å². The summed E-state index contributed by atoms with van der Waals surface area (Å²) in [5.74, 6) is -1.29. The van der Waals surface area contributed by atoms with Gasteiger partial charge in [0, 0.05) is 11.8 Å². The van der Waals surface area contributed by atoms with Crippen LogP contribution in [0.1, 0.15) is 35.8 Å². The largest absolute Gasteiger partial charge is 0.384 e. The van der Waals surface area contributed by atoms with Gasteiger partial charge in [0.2, 0.25) is 5.91 Å². The maximum atomic E-state index is 12.8. The van der Waals surface area contributed by atoms with E-state index in [1.165, 1.54) is 30.5 Å². The van der Waals surface area contributed by atoms with Crippen LogP contribution in [0.15, 0.2) is 42.6 Å². The van der Waals surface area contributed by atoms with E-state index >= 15 is 0 Å². The summed E-state index contributed by atoms with van der Waals surface area (Å²) in [5.41, 5.74) is 6.90. The molecule has 0 aliphatic carbocycles. The Morgan fingerprint density at radius 2 is 1.80 bits per heavy atom. The van der Waals surface area contributed by atoms with E-state index in [0.717, 1.165) is 0 Å². The van der Waals surface area contributed by atoms with Crippen LogP contribution in [-0.4, -0.2) is 16.0 Å². The van der Waals surface area contributed by atoms with Crippen LogP contribution in [0.25, 0.3) is 0 Å². The van der Waals surface area contributed by atoms with Crippen LogP contribution >= 0.6 is 0 Å². The molecule has 1 aromatic heterocycles. The van der Waals surface area contributed by atoms with Gasteiger partial charge in [-0.05, 0) is 30.7 Å². The third-order valence-corrected chi connectivity index (χ3v) is 3.18. The van der Waals surface area contributed by atoms with Crippen molar-refractivity contribution in [1.82, 2.24) is 4.98 Å². The molecule has 0 fully saturated rings. The van der Waals surface area contributed by atoms with Crippen molar-refractivity contribution in [2.45, 2.75) is 18.9 Å². The van der Waals surface area contributed by atoms with Crippen molar-refractivity contribution in [3.63, 3.8) is 0 Å². The lowest BCUT2D eigenvalue weighted by molar-refractivity contribution is -0.119. The van der Waals surface area contributed by atoms with E-state index in [4.69, 9.17) is 5.73 Å².